The molecule has 6 nitrogen and oxygen atoms in total. The molecule has 0 fully saturated rings. The molecule has 1 unspecified atom stereocenters. The van der Waals surface area contributed by atoms with Crippen molar-refractivity contribution in [1.82, 2.24) is 0 Å². The molecule has 0 bridgehead atoms. The maximum Gasteiger partial charge on any atom is 0.306 e. The van der Waals surface area contributed by atoms with E-state index >= 15 is 0 Å². The first-order valence-electron chi connectivity index (χ1n) is 26.4. The van der Waals surface area contributed by atoms with E-state index in [0.717, 1.165) is 122 Å². The molecule has 0 saturated heterocycles. The van der Waals surface area contributed by atoms with Crippen LogP contribution < -0.4 is 0 Å². The zero-order valence-corrected chi connectivity index (χ0v) is 42.0. The van der Waals surface area contributed by atoms with Crippen molar-refractivity contribution in [1.29, 1.82) is 0 Å². The Labute approximate surface area is 400 Å². The van der Waals surface area contributed by atoms with Gasteiger partial charge in [-0.1, -0.05) is 214 Å². The molecule has 0 aromatic carbocycles. The fourth-order valence-corrected chi connectivity index (χ4v) is 6.87. The Bertz CT molecular complexity index is 1360. The van der Waals surface area contributed by atoms with Gasteiger partial charge < -0.3 is 14.2 Å². The minimum absolute atomic E-state index is 0.0967. The zero-order chi connectivity index (χ0) is 47.2. The maximum absolute atomic E-state index is 12.8. The number of allylic oxidation sites excluding steroid dienone is 18. The van der Waals surface area contributed by atoms with Gasteiger partial charge in [-0.2, -0.15) is 0 Å². The summed E-state index contributed by atoms with van der Waals surface area (Å²) < 4.78 is 16.7. The van der Waals surface area contributed by atoms with E-state index in [2.05, 4.69) is 130 Å². The normalized spacial score (nSPS) is 13.0. The van der Waals surface area contributed by atoms with Crippen molar-refractivity contribution in [2.45, 2.75) is 232 Å². The van der Waals surface area contributed by atoms with Crippen LogP contribution in [0.3, 0.4) is 0 Å². The Hall–Kier alpha value is -3.93. The molecule has 0 aliphatic carbocycles. The van der Waals surface area contributed by atoms with Crippen LogP contribution in [0.5, 0.6) is 0 Å². The summed E-state index contributed by atoms with van der Waals surface area (Å²) in [5, 5.41) is 0. The van der Waals surface area contributed by atoms with Crippen LogP contribution in [0.4, 0.5) is 0 Å². The maximum atomic E-state index is 12.8. The fraction of sp³-hybridized carbons (Fsp3) is 0.644. The first kappa shape index (κ1) is 61.1. The first-order valence-corrected chi connectivity index (χ1v) is 26.4. The summed E-state index contributed by atoms with van der Waals surface area (Å²) in [6.45, 7) is 6.34. The van der Waals surface area contributed by atoms with Crippen LogP contribution in [0, 0.1) is 0 Å². The summed E-state index contributed by atoms with van der Waals surface area (Å²) in [6, 6.07) is 0. The molecule has 0 heterocycles. The van der Waals surface area contributed by atoms with Crippen LogP contribution in [0.15, 0.2) is 109 Å². The van der Waals surface area contributed by atoms with Gasteiger partial charge in [0.25, 0.3) is 0 Å². The number of carbonyl (C=O) groups excluding carboxylic acids is 3. The molecule has 65 heavy (non-hydrogen) atoms. The monoisotopic (exact) mass is 901 g/mol. The molecule has 6 heteroatoms. The second kappa shape index (κ2) is 52.7. The Morgan fingerprint density at radius 1 is 0.323 bits per heavy atom. The van der Waals surface area contributed by atoms with Gasteiger partial charge >= 0.3 is 17.9 Å². The van der Waals surface area contributed by atoms with Crippen molar-refractivity contribution < 1.29 is 28.6 Å². The third-order valence-corrected chi connectivity index (χ3v) is 10.8. The van der Waals surface area contributed by atoms with Gasteiger partial charge in [-0.25, -0.2) is 0 Å². The molecular formula is C59H96O6. The van der Waals surface area contributed by atoms with Gasteiger partial charge in [0.05, 0.1) is 0 Å². The van der Waals surface area contributed by atoms with E-state index in [9.17, 15) is 14.4 Å². The van der Waals surface area contributed by atoms with Gasteiger partial charge in [0.1, 0.15) is 13.2 Å². The number of unbranched alkanes of at least 4 members (excludes halogenated alkanes) is 17. The second-order valence-corrected chi connectivity index (χ2v) is 17.0. The molecule has 0 aromatic heterocycles. The smallest absolute Gasteiger partial charge is 0.306 e. The molecule has 0 radical (unpaired) electrons. The van der Waals surface area contributed by atoms with Crippen molar-refractivity contribution in [3.05, 3.63) is 109 Å². The van der Waals surface area contributed by atoms with Crippen molar-refractivity contribution >= 4 is 17.9 Å². The molecule has 0 N–H and O–H groups in total. The lowest BCUT2D eigenvalue weighted by atomic mass is 10.1. The lowest BCUT2D eigenvalue weighted by Gasteiger charge is -2.18. The molecule has 0 rings (SSSR count). The highest BCUT2D eigenvalue weighted by atomic mass is 16.6. The van der Waals surface area contributed by atoms with Gasteiger partial charge in [0, 0.05) is 19.3 Å². The Balaban J connectivity index is 4.43. The highest BCUT2D eigenvalue weighted by Crippen LogP contribution is 2.14. The van der Waals surface area contributed by atoms with Gasteiger partial charge in [-0.3, -0.25) is 14.4 Å². The van der Waals surface area contributed by atoms with E-state index in [-0.39, 0.29) is 31.1 Å². The fourth-order valence-electron chi connectivity index (χ4n) is 6.87. The number of carbonyl (C=O) groups is 3. The Morgan fingerprint density at radius 3 is 0.969 bits per heavy atom. The van der Waals surface area contributed by atoms with Crippen molar-refractivity contribution in [3.63, 3.8) is 0 Å². The van der Waals surface area contributed by atoms with Crippen LogP contribution in [-0.4, -0.2) is 37.2 Å². The largest absolute Gasteiger partial charge is 0.462 e. The molecule has 0 aromatic rings. The minimum Gasteiger partial charge on any atom is -0.462 e. The van der Waals surface area contributed by atoms with Gasteiger partial charge in [0.2, 0.25) is 0 Å². The van der Waals surface area contributed by atoms with Crippen molar-refractivity contribution in [2.24, 2.45) is 0 Å². The SMILES string of the molecule is CC/C=C\C/C=C\C/C=C\C/C=C\C/C=C\C/C=C\CCCCC(=O)OCC(COC(=O)CCCCCCCCCCC)OC(=O)CCCCCCCCC/C=C\C/C=C\C/C=C\CC. The topological polar surface area (TPSA) is 78.9 Å². The van der Waals surface area contributed by atoms with Crippen LogP contribution in [0.2, 0.25) is 0 Å². The standard InChI is InChI=1S/C59H96O6/c1-4-7-10-13-16-19-21-23-25-27-28-29-30-32-33-35-37-40-43-46-49-52-58(61)64-55-56(54-63-57(60)51-48-45-42-39-18-15-12-9-6-3)65-59(62)53-50-47-44-41-38-36-34-31-26-24-22-20-17-14-11-8-5-2/h7-8,10-11,16-17,19-20,23-26,28-29,32-33,37,40,56H,4-6,9,12-15,18,21-22,27,30-31,34-36,38-39,41-55H2,1-3H3/b10-7-,11-8-,19-16-,20-17-,25-23-,26-24-,29-28-,33-32-,40-37-. The number of esters is 3. The average Bonchev–Trinajstić information content (AvgIpc) is 3.30. The molecule has 0 aliphatic rings. The third-order valence-electron chi connectivity index (χ3n) is 10.8. The molecule has 0 amide bonds. The second-order valence-electron chi connectivity index (χ2n) is 17.0. The molecule has 1 atom stereocenters. The average molecular weight is 901 g/mol. The summed E-state index contributed by atoms with van der Waals surface area (Å²) in [6.07, 6.45) is 70.8. The van der Waals surface area contributed by atoms with Gasteiger partial charge in [-0.15, -0.1) is 0 Å². The lowest BCUT2D eigenvalue weighted by Crippen LogP contribution is -2.30. The summed E-state index contributed by atoms with van der Waals surface area (Å²) in [5.74, 6) is -0.959. The molecular weight excluding hydrogens is 805 g/mol. The summed E-state index contributed by atoms with van der Waals surface area (Å²) in [5.41, 5.74) is 0. The van der Waals surface area contributed by atoms with E-state index < -0.39 is 6.10 Å². The van der Waals surface area contributed by atoms with Crippen LogP contribution in [0.1, 0.15) is 226 Å². The van der Waals surface area contributed by atoms with E-state index in [1.807, 2.05) is 0 Å². The van der Waals surface area contributed by atoms with Crippen LogP contribution in [-0.2, 0) is 28.6 Å². The first-order chi connectivity index (χ1) is 32.0. The quantitative estimate of drug-likeness (QED) is 0.0262. The van der Waals surface area contributed by atoms with Crippen molar-refractivity contribution in [3.8, 4) is 0 Å². The van der Waals surface area contributed by atoms with Crippen LogP contribution in [0.25, 0.3) is 0 Å². The highest BCUT2D eigenvalue weighted by Gasteiger charge is 2.19. The van der Waals surface area contributed by atoms with E-state index in [1.54, 1.807) is 0 Å². The highest BCUT2D eigenvalue weighted by molar-refractivity contribution is 5.71. The van der Waals surface area contributed by atoms with Gasteiger partial charge in [-0.05, 0) is 103 Å². The Kier molecular flexibility index (Phi) is 49.5. The summed E-state index contributed by atoms with van der Waals surface area (Å²) in [4.78, 5) is 37.9. The molecule has 0 aliphatic heterocycles. The predicted molar refractivity (Wildman–Crippen MR) is 279 cm³/mol. The van der Waals surface area contributed by atoms with Crippen LogP contribution >= 0.6 is 0 Å². The lowest BCUT2D eigenvalue weighted by molar-refractivity contribution is -0.167. The van der Waals surface area contributed by atoms with E-state index in [1.165, 1.54) is 64.2 Å². The summed E-state index contributed by atoms with van der Waals surface area (Å²) >= 11 is 0. The zero-order valence-electron chi connectivity index (χ0n) is 42.0. The molecule has 368 valence electrons. The van der Waals surface area contributed by atoms with Gasteiger partial charge in [0.15, 0.2) is 6.10 Å². The molecule has 0 spiro atoms. The van der Waals surface area contributed by atoms with Crippen molar-refractivity contribution in [2.75, 3.05) is 13.2 Å². The number of hydrogen-bond donors (Lipinski definition) is 0. The number of hydrogen-bond acceptors (Lipinski definition) is 6. The number of ether oxygens (including phenoxy) is 3. The minimum atomic E-state index is -0.801. The van der Waals surface area contributed by atoms with E-state index in [4.69, 9.17) is 14.2 Å². The predicted octanol–water partition coefficient (Wildman–Crippen LogP) is 17.5. The summed E-state index contributed by atoms with van der Waals surface area (Å²) in [7, 11) is 0. The third kappa shape index (κ3) is 50.9. The number of rotatable bonds is 46. The van der Waals surface area contributed by atoms with E-state index in [0.29, 0.717) is 19.3 Å². The Morgan fingerprint density at radius 2 is 0.600 bits per heavy atom. The molecule has 0 saturated carbocycles.